The normalized spacial score (nSPS) is 11.5. The van der Waals surface area contributed by atoms with E-state index in [4.69, 9.17) is 10.5 Å². The van der Waals surface area contributed by atoms with Crippen LogP contribution in [0.15, 0.2) is 29.2 Å². The number of rotatable bonds is 10. The Morgan fingerprint density at radius 1 is 1.20 bits per heavy atom. The number of ether oxygens (including phenoxy) is 1. The summed E-state index contributed by atoms with van der Waals surface area (Å²) >= 11 is 0. The van der Waals surface area contributed by atoms with Gasteiger partial charge < -0.3 is 15.8 Å². The topological polar surface area (TPSA) is 93.5 Å². The van der Waals surface area contributed by atoms with E-state index in [1.807, 2.05) is 6.92 Å². The molecule has 0 aliphatic heterocycles. The quantitative estimate of drug-likeness (QED) is 0.555. The molecule has 20 heavy (non-hydrogen) atoms. The first-order valence-corrected chi connectivity index (χ1v) is 8.20. The third-order valence-electron chi connectivity index (χ3n) is 2.54. The third-order valence-corrected chi connectivity index (χ3v) is 4.06. The van der Waals surface area contributed by atoms with E-state index in [1.165, 1.54) is 0 Å². The van der Waals surface area contributed by atoms with Crippen LogP contribution in [0.5, 0.6) is 0 Å². The van der Waals surface area contributed by atoms with Crippen LogP contribution in [0, 0.1) is 0 Å². The molecular weight excluding hydrogens is 278 g/mol. The maximum atomic E-state index is 12.1. The van der Waals surface area contributed by atoms with E-state index in [9.17, 15) is 8.42 Å². The minimum absolute atomic E-state index is 0.257. The van der Waals surface area contributed by atoms with Crippen LogP contribution in [0.4, 0.5) is 5.69 Å². The van der Waals surface area contributed by atoms with Crippen molar-refractivity contribution in [3.05, 3.63) is 24.3 Å². The molecule has 0 aliphatic carbocycles. The maximum absolute atomic E-state index is 12.1. The van der Waals surface area contributed by atoms with Gasteiger partial charge in [-0.3, -0.25) is 0 Å². The van der Waals surface area contributed by atoms with Gasteiger partial charge in [0.1, 0.15) is 4.90 Å². The summed E-state index contributed by atoms with van der Waals surface area (Å²) in [6.07, 6.45) is 0.752. The standard InChI is InChI=1S/C13H23N3O3S/c1-2-8-16-20(17,18)13-6-4-3-5-12(13)15-9-11-19-10-7-14/h3-6,15-16H,2,7-11,14H2,1H3. The molecule has 4 N–H and O–H groups in total. The predicted octanol–water partition coefficient (Wildman–Crippen LogP) is 0.762. The lowest BCUT2D eigenvalue weighted by atomic mass is 10.3. The molecule has 0 radical (unpaired) electrons. The van der Waals surface area contributed by atoms with Crippen LogP contribution in [0.3, 0.4) is 0 Å². The molecule has 0 unspecified atom stereocenters. The zero-order valence-electron chi connectivity index (χ0n) is 11.8. The number of hydrogen-bond acceptors (Lipinski definition) is 5. The number of hydrogen-bond donors (Lipinski definition) is 3. The monoisotopic (exact) mass is 301 g/mol. The summed E-state index contributed by atoms with van der Waals surface area (Å²) in [7, 11) is -3.47. The van der Waals surface area contributed by atoms with E-state index in [0.29, 0.717) is 38.5 Å². The lowest BCUT2D eigenvalue weighted by molar-refractivity contribution is 0.151. The van der Waals surface area contributed by atoms with Gasteiger partial charge in [-0.05, 0) is 18.6 Å². The molecule has 1 aromatic carbocycles. The third kappa shape index (κ3) is 5.46. The van der Waals surface area contributed by atoms with Gasteiger partial charge in [-0.1, -0.05) is 19.1 Å². The first-order valence-electron chi connectivity index (χ1n) is 6.72. The van der Waals surface area contributed by atoms with E-state index >= 15 is 0 Å². The second-order valence-electron chi connectivity index (χ2n) is 4.22. The Balaban J connectivity index is 2.68. The zero-order valence-corrected chi connectivity index (χ0v) is 12.6. The van der Waals surface area contributed by atoms with Gasteiger partial charge in [0.05, 0.1) is 18.9 Å². The summed E-state index contributed by atoms with van der Waals surface area (Å²) < 4.78 is 32.1. The van der Waals surface area contributed by atoms with E-state index in [-0.39, 0.29) is 4.90 Å². The van der Waals surface area contributed by atoms with Crippen molar-refractivity contribution < 1.29 is 13.2 Å². The van der Waals surface area contributed by atoms with Crippen molar-refractivity contribution in [2.45, 2.75) is 18.2 Å². The second kappa shape index (κ2) is 8.91. The molecular formula is C13H23N3O3S. The summed E-state index contributed by atoms with van der Waals surface area (Å²) in [4.78, 5) is 0.257. The fourth-order valence-electron chi connectivity index (χ4n) is 1.60. The van der Waals surface area contributed by atoms with Crippen molar-refractivity contribution in [3.8, 4) is 0 Å². The first kappa shape index (κ1) is 16.9. The average molecular weight is 301 g/mol. The number of benzene rings is 1. The van der Waals surface area contributed by atoms with Gasteiger partial charge in [0.15, 0.2) is 0 Å². The van der Waals surface area contributed by atoms with E-state index in [1.54, 1.807) is 24.3 Å². The Kier molecular flexibility index (Phi) is 7.53. The molecule has 0 aliphatic rings. The summed E-state index contributed by atoms with van der Waals surface area (Å²) in [5.74, 6) is 0. The molecule has 7 heteroatoms. The van der Waals surface area contributed by atoms with Crippen molar-refractivity contribution in [1.82, 2.24) is 4.72 Å². The van der Waals surface area contributed by atoms with Crippen molar-refractivity contribution in [1.29, 1.82) is 0 Å². The maximum Gasteiger partial charge on any atom is 0.242 e. The molecule has 0 saturated carbocycles. The molecule has 0 aromatic heterocycles. The lowest BCUT2D eigenvalue weighted by Crippen LogP contribution is -2.25. The molecule has 0 atom stereocenters. The molecule has 114 valence electrons. The fourth-order valence-corrected chi connectivity index (χ4v) is 2.92. The molecule has 6 nitrogen and oxygen atoms in total. The summed E-state index contributed by atoms with van der Waals surface area (Å²) in [6.45, 7) is 4.33. The number of sulfonamides is 1. The first-order chi connectivity index (χ1) is 9.61. The minimum Gasteiger partial charge on any atom is -0.382 e. The molecule has 1 aromatic rings. The highest BCUT2D eigenvalue weighted by Gasteiger charge is 2.16. The van der Waals surface area contributed by atoms with Gasteiger partial charge in [0.25, 0.3) is 0 Å². The second-order valence-corrected chi connectivity index (χ2v) is 5.96. The highest BCUT2D eigenvalue weighted by atomic mass is 32.2. The molecule has 1 rings (SSSR count). The number of nitrogens with one attached hydrogen (secondary N) is 2. The summed E-state index contributed by atoms with van der Waals surface area (Å²) in [5, 5.41) is 3.07. The van der Waals surface area contributed by atoms with Gasteiger partial charge in [0, 0.05) is 19.6 Å². The van der Waals surface area contributed by atoms with Crippen molar-refractivity contribution >= 4 is 15.7 Å². The Morgan fingerprint density at radius 3 is 2.65 bits per heavy atom. The lowest BCUT2D eigenvalue weighted by Gasteiger charge is -2.13. The predicted molar refractivity (Wildman–Crippen MR) is 80.3 cm³/mol. The smallest absolute Gasteiger partial charge is 0.242 e. The van der Waals surface area contributed by atoms with Crippen LogP contribution in [0.1, 0.15) is 13.3 Å². The summed E-state index contributed by atoms with van der Waals surface area (Å²) in [6, 6.07) is 6.82. The van der Waals surface area contributed by atoms with Crippen LogP contribution in [0.25, 0.3) is 0 Å². The van der Waals surface area contributed by atoms with Crippen LogP contribution in [0.2, 0.25) is 0 Å². The molecule has 0 bridgehead atoms. The number of anilines is 1. The largest absolute Gasteiger partial charge is 0.382 e. The Morgan fingerprint density at radius 2 is 1.95 bits per heavy atom. The minimum atomic E-state index is -3.47. The fraction of sp³-hybridized carbons (Fsp3) is 0.538. The Labute approximate surface area is 120 Å². The molecule has 0 amide bonds. The van der Waals surface area contributed by atoms with Crippen molar-refractivity contribution in [2.75, 3.05) is 38.2 Å². The van der Waals surface area contributed by atoms with E-state index in [0.717, 1.165) is 6.42 Å². The van der Waals surface area contributed by atoms with Gasteiger partial charge >= 0.3 is 0 Å². The molecule has 0 fully saturated rings. The van der Waals surface area contributed by atoms with Crippen LogP contribution < -0.4 is 15.8 Å². The highest BCUT2D eigenvalue weighted by molar-refractivity contribution is 7.89. The van der Waals surface area contributed by atoms with E-state index in [2.05, 4.69) is 10.0 Å². The Hall–Kier alpha value is -1.15. The number of nitrogens with two attached hydrogens (primary N) is 1. The Bertz CT molecular complexity index is 491. The zero-order chi connectivity index (χ0) is 14.8. The van der Waals surface area contributed by atoms with Gasteiger partial charge in [-0.2, -0.15) is 0 Å². The van der Waals surface area contributed by atoms with Crippen LogP contribution >= 0.6 is 0 Å². The highest BCUT2D eigenvalue weighted by Crippen LogP contribution is 2.20. The molecule has 0 heterocycles. The molecule has 0 spiro atoms. The van der Waals surface area contributed by atoms with Crippen molar-refractivity contribution in [3.63, 3.8) is 0 Å². The van der Waals surface area contributed by atoms with Gasteiger partial charge in [0.2, 0.25) is 10.0 Å². The summed E-state index contributed by atoms with van der Waals surface area (Å²) in [5.41, 5.74) is 5.89. The van der Waals surface area contributed by atoms with Crippen LogP contribution in [-0.4, -0.2) is 41.3 Å². The van der Waals surface area contributed by atoms with Gasteiger partial charge in [-0.15, -0.1) is 0 Å². The van der Waals surface area contributed by atoms with Crippen LogP contribution in [-0.2, 0) is 14.8 Å². The molecule has 0 saturated heterocycles. The number of para-hydroxylation sites is 1. The average Bonchev–Trinajstić information content (AvgIpc) is 2.45. The van der Waals surface area contributed by atoms with E-state index < -0.39 is 10.0 Å². The van der Waals surface area contributed by atoms with Gasteiger partial charge in [-0.25, -0.2) is 13.1 Å². The SMILES string of the molecule is CCCNS(=O)(=O)c1ccccc1NCCOCCN. The van der Waals surface area contributed by atoms with Crippen molar-refractivity contribution in [2.24, 2.45) is 5.73 Å².